The fourth-order valence-electron chi connectivity index (χ4n) is 1.26. The van der Waals surface area contributed by atoms with E-state index in [0.29, 0.717) is 13.0 Å². The summed E-state index contributed by atoms with van der Waals surface area (Å²) in [5.41, 5.74) is 1.06. The van der Waals surface area contributed by atoms with Crippen molar-refractivity contribution in [1.29, 1.82) is 0 Å². The summed E-state index contributed by atoms with van der Waals surface area (Å²) in [6.45, 7) is 4.78. The van der Waals surface area contributed by atoms with Crippen LogP contribution in [-0.2, 0) is 4.74 Å². The van der Waals surface area contributed by atoms with E-state index in [0.717, 1.165) is 10.8 Å². The van der Waals surface area contributed by atoms with E-state index in [4.69, 9.17) is 9.84 Å². The fraction of sp³-hybridized carbons (Fsp3) is 0.700. The van der Waals surface area contributed by atoms with Gasteiger partial charge in [0.1, 0.15) is 0 Å². The number of aliphatic hydroxyl groups is 1. The van der Waals surface area contributed by atoms with Gasteiger partial charge < -0.3 is 15.2 Å². The first-order valence-corrected chi connectivity index (χ1v) is 5.79. The van der Waals surface area contributed by atoms with E-state index < -0.39 is 0 Å². The normalized spacial score (nSPS) is 12.8. The molecule has 0 aliphatic rings. The smallest absolute Gasteiger partial charge is 0.183 e. The molecule has 15 heavy (non-hydrogen) atoms. The summed E-state index contributed by atoms with van der Waals surface area (Å²) in [4.78, 5) is 5.60. The van der Waals surface area contributed by atoms with E-state index in [1.165, 1.54) is 4.88 Å². The molecular formula is C10H18N2O2S. The van der Waals surface area contributed by atoms with Crippen LogP contribution in [0.25, 0.3) is 0 Å². The van der Waals surface area contributed by atoms with Crippen molar-refractivity contribution in [3.8, 4) is 0 Å². The molecule has 1 rings (SSSR count). The van der Waals surface area contributed by atoms with Crippen LogP contribution in [0.4, 0.5) is 5.13 Å². The lowest BCUT2D eigenvalue weighted by atomic mass is 10.2. The van der Waals surface area contributed by atoms with E-state index in [1.54, 1.807) is 18.4 Å². The molecule has 1 aromatic heterocycles. The summed E-state index contributed by atoms with van der Waals surface area (Å²) in [6.07, 6.45) is 0.672. The zero-order chi connectivity index (χ0) is 11.3. The number of methoxy groups -OCH3 is 1. The molecular weight excluding hydrogens is 212 g/mol. The maximum absolute atomic E-state index is 8.89. The number of aromatic nitrogens is 1. The Morgan fingerprint density at radius 3 is 2.73 bits per heavy atom. The third-order valence-corrected chi connectivity index (χ3v) is 3.21. The Balaban J connectivity index is 2.56. The van der Waals surface area contributed by atoms with Gasteiger partial charge in [-0.15, -0.1) is 11.3 Å². The highest BCUT2D eigenvalue weighted by atomic mass is 32.1. The predicted octanol–water partition coefficient (Wildman–Crippen LogP) is 1.57. The first-order chi connectivity index (χ1) is 7.17. The minimum Gasteiger partial charge on any atom is -0.396 e. The van der Waals surface area contributed by atoms with Gasteiger partial charge >= 0.3 is 0 Å². The third kappa shape index (κ3) is 3.77. The average Bonchev–Trinajstić information content (AvgIpc) is 2.47. The molecule has 1 atom stereocenters. The Morgan fingerprint density at radius 1 is 1.53 bits per heavy atom. The molecule has 5 heteroatoms. The third-order valence-electron chi connectivity index (χ3n) is 2.20. The Bertz CT molecular complexity index is 276. The second kappa shape index (κ2) is 6.05. The summed E-state index contributed by atoms with van der Waals surface area (Å²) in [7, 11) is 1.66. The first kappa shape index (κ1) is 12.4. The maximum Gasteiger partial charge on any atom is 0.183 e. The lowest BCUT2D eigenvalue weighted by Crippen LogP contribution is -2.26. The van der Waals surface area contributed by atoms with Crippen LogP contribution in [-0.4, -0.2) is 36.5 Å². The van der Waals surface area contributed by atoms with Gasteiger partial charge in [-0.3, -0.25) is 0 Å². The Morgan fingerprint density at radius 2 is 2.27 bits per heavy atom. The number of nitrogens with one attached hydrogen (secondary N) is 1. The first-order valence-electron chi connectivity index (χ1n) is 4.97. The van der Waals surface area contributed by atoms with Gasteiger partial charge in [0.25, 0.3) is 0 Å². The Hall–Kier alpha value is -0.650. The largest absolute Gasteiger partial charge is 0.396 e. The summed E-state index contributed by atoms with van der Waals surface area (Å²) in [5, 5.41) is 13.1. The molecule has 4 nitrogen and oxygen atoms in total. The molecule has 1 aromatic rings. The molecule has 86 valence electrons. The maximum atomic E-state index is 8.89. The van der Waals surface area contributed by atoms with Crippen molar-refractivity contribution in [3.63, 3.8) is 0 Å². The second-order valence-corrected chi connectivity index (χ2v) is 4.67. The van der Waals surface area contributed by atoms with Gasteiger partial charge in [0.2, 0.25) is 0 Å². The van der Waals surface area contributed by atoms with Crippen molar-refractivity contribution in [2.45, 2.75) is 26.3 Å². The monoisotopic (exact) mass is 230 g/mol. The van der Waals surface area contributed by atoms with Gasteiger partial charge in [-0.2, -0.15) is 0 Å². The lowest BCUT2D eigenvalue weighted by Gasteiger charge is -2.15. The van der Waals surface area contributed by atoms with Gasteiger partial charge in [-0.1, -0.05) is 0 Å². The zero-order valence-electron chi connectivity index (χ0n) is 9.41. The highest BCUT2D eigenvalue weighted by Crippen LogP contribution is 2.22. The molecule has 0 radical (unpaired) electrons. The summed E-state index contributed by atoms with van der Waals surface area (Å²) < 4.78 is 5.07. The highest BCUT2D eigenvalue weighted by Gasteiger charge is 2.10. The number of rotatable bonds is 6. The molecule has 0 aliphatic heterocycles. The lowest BCUT2D eigenvalue weighted by molar-refractivity contribution is 0.170. The van der Waals surface area contributed by atoms with Crippen molar-refractivity contribution in [1.82, 2.24) is 4.98 Å². The van der Waals surface area contributed by atoms with Gasteiger partial charge in [0.15, 0.2) is 5.13 Å². The summed E-state index contributed by atoms with van der Waals surface area (Å²) in [6, 6.07) is 0.130. The van der Waals surface area contributed by atoms with E-state index in [2.05, 4.69) is 17.2 Å². The molecule has 0 spiro atoms. The number of ether oxygens (including phenoxy) is 1. The topological polar surface area (TPSA) is 54.4 Å². The average molecular weight is 230 g/mol. The van der Waals surface area contributed by atoms with Crippen LogP contribution in [0.5, 0.6) is 0 Å². The molecule has 0 fully saturated rings. The molecule has 0 saturated carbocycles. The number of hydrogen-bond acceptors (Lipinski definition) is 5. The van der Waals surface area contributed by atoms with Gasteiger partial charge in [-0.05, 0) is 20.3 Å². The molecule has 0 saturated heterocycles. The van der Waals surface area contributed by atoms with Crippen molar-refractivity contribution in [3.05, 3.63) is 10.6 Å². The number of nitrogens with zero attached hydrogens (tertiary/aromatic N) is 1. The summed E-state index contributed by atoms with van der Waals surface area (Å²) >= 11 is 1.63. The van der Waals surface area contributed by atoms with Gasteiger partial charge in [0.05, 0.1) is 18.3 Å². The molecule has 0 amide bonds. The minimum absolute atomic E-state index is 0.130. The van der Waals surface area contributed by atoms with Crippen molar-refractivity contribution in [2.24, 2.45) is 0 Å². The van der Waals surface area contributed by atoms with Crippen LogP contribution in [0, 0.1) is 13.8 Å². The van der Waals surface area contributed by atoms with Crippen LogP contribution in [0.2, 0.25) is 0 Å². The standard InChI is InChI=1S/C10H18N2O2S/c1-7-8(2)15-10(11-7)12-9(4-5-13)6-14-3/h9,13H,4-6H2,1-3H3,(H,11,12). The fourth-order valence-corrected chi connectivity index (χ4v) is 2.15. The highest BCUT2D eigenvalue weighted by molar-refractivity contribution is 7.15. The molecule has 2 N–H and O–H groups in total. The SMILES string of the molecule is COCC(CCO)Nc1nc(C)c(C)s1. The zero-order valence-corrected chi connectivity index (χ0v) is 10.2. The molecule has 0 bridgehead atoms. The van der Waals surface area contributed by atoms with Gasteiger partial charge in [0, 0.05) is 18.6 Å². The summed E-state index contributed by atoms with van der Waals surface area (Å²) in [5.74, 6) is 0. The van der Waals surface area contributed by atoms with Crippen molar-refractivity contribution >= 4 is 16.5 Å². The van der Waals surface area contributed by atoms with Crippen LogP contribution >= 0.6 is 11.3 Å². The van der Waals surface area contributed by atoms with E-state index in [9.17, 15) is 0 Å². The minimum atomic E-state index is 0.130. The molecule has 0 aromatic carbocycles. The van der Waals surface area contributed by atoms with E-state index >= 15 is 0 Å². The second-order valence-electron chi connectivity index (χ2n) is 3.47. The van der Waals surface area contributed by atoms with Crippen LogP contribution < -0.4 is 5.32 Å². The van der Waals surface area contributed by atoms with Crippen molar-refractivity contribution < 1.29 is 9.84 Å². The Labute approximate surface area is 94.3 Å². The van der Waals surface area contributed by atoms with E-state index in [-0.39, 0.29) is 12.6 Å². The Kier molecular flexibility index (Phi) is 5.01. The number of anilines is 1. The van der Waals surface area contributed by atoms with E-state index in [1.807, 2.05) is 6.92 Å². The van der Waals surface area contributed by atoms with Crippen LogP contribution in [0.15, 0.2) is 0 Å². The molecule has 1 heterocycles. The van der Waals surface area contributed by atoms with Crippen LogP contribution in [0.1, 0.15) is 17.0 Å². The number of hydrogen-bond donors (Lipinski definition) is 2. The van der Waals surface area contributed by atoms with Crippen molar-refractivity contribution in [2.75, 3.05) is 25.6 Å². The van der Waals surface area contributed by atoms with Crippen LogP contribution in [0.3, 0.4) is 0 Å². The number of aryl methyl sites for hydroxylation is 2. The predicted molar refractivity (Wildman–Crippen MR) is 62.6 cm³/mol. The quantitative estimate of drug-likeness (QED) is 0.779. The number of aliphatic hydroxyl groups excluding tert-OH is 1. The molecule has 1 unspecified atom stereocenters. The molecule has 0 aliphatic carbocycles. The van der Waals surface area contributed by atoms with Gasteiger partial charge in [-0.25, -0.2) is 4.98 Å². The number of thiazole rings is 1.